The summed E-state index contributed by atoms with van der Waals surface area (Å²) in [6.45, 7) is -0.496. The Labute approximate surface area is 194 Å². The fraction of sp³-hybridized carbons (Fsp3) is 0.409. The molecule has 0 unspecified atom stereocenters. The standard InChI is InChI=1S/C22H26O12/c1-29-14-6-10(4-5-12(14)23)21(28)32-9-16-17(25)18(26)19(27)22(34-16)33-11-7-13(24)20(31-3)15(8-11)30-2/h4-8,16-19,22-27H,9H2,1-3H3/t16-,17-,18+,19-,22-/m1/s1. The molecule has 12 heteroatoms. The average Bonchev–Trinajstić information content (AvgIpc) is 2.83. The van der Waals surface area contributed by atoms with Gasteiger partial charge in [0.25, 0.3) is 0 Å². The topological polar surface area (TPSA) is 174 Å². The van der Waals surface area contributed by atoms with Crippen LogP contribution in [-0.2, 0) is 9.47 Å². The number of carbonyl (C=O) groups is 1. The molecule has 1 aliphatic heterocycles. The molecular formula is C22H26O12. The molecule has 186 valence electrons. The third-order valence-corrected chi connectivity index (χ3v) is 5.15. The molecule has 1 aliphatic rings. The summed E-state index contributed by atoms with van der Waals surface area (Å²) in [5.41, 5.74) is 0.0640. The van der Waals surface area contributed by atoms with Crippen LogP contribution in [0.3, 0.4) is 0 Å². The lowest BCUT2D eigenvalue weighted by molar-refractivity contribution is -0.277. The van der Waals surface area contributed by atoms with E-state index in [1.54, 1.807) is 0 Å². The normalized spacial score (nSPS) is 24.2. The number of aliphatic hydroxyl groups excluding tert-OH is 3. The van der Waals surface area contributed by atoms with Crippen molar-refractivity contribution in [1.82, 2.24) is 0 Å². The van der Waals surface area contributed by atoms with Gasteiger partial charge in [0, 0.05) is 12.1 Å². The van der Waals surface area contributed by atoms with Crippen molar-refractivity contribution < 1.29 is 58.7 Å². The molecule has 12 nitrogen and oxygen atoms in total. The largest absolute Gasteiger partial charge is 0.504 e. The second-order valence-electron chi connectivity index (χ2n) is 7.30. The van der Waals surface area contributed by atoms with Crippen LogP contribution in [0.1, 0.15) is 10.4 Å². The van der Waals surface area contributed by atoms with Crippen molar-refractivity contribution in [2.24, 2.45) is 0 Å². The second kappa shape index (κ2) is 10.7. The van der Waals surface area contributed by atoms with Crippen molar-refractivity contribution in [3.05, 3.63) is 35.9 Å². The lowest BCUT2D eigenvalue weighted by Gasteiger charge is -2.39. The summed E-state index contributed by atoms with van der Waals surface area (Å²) < 4.78 is 31.3. The molecule has 0 saturated carbocycles. The summed E-state index contributed by atoms with van der Waals surface area (Å²) in [6.07, 6.45) is -7.72. The summed E-state index contributed by atoms with van der Waals surface area (Å²) in [5, 5.41) is 50.6. The monoisotopic (exact) mass is 482 g/mol. The van der Waals surface area contributed by atoms with E-state index >= 15 is 0 Å². The smallest absolute Gasteiger partial charge is 0.338 e. The van der Waals surface area contributed by atoms with Crippen LogP contribution in [-0.4, -0.2) is 90.1 Å². The van der Waals surface area contributed by atoms with Crippen molar-refractivity contribution in [3.8, 4) is 34.5 Å². The fourth-order valence-electron chi connectivity index (χ4n) is 3.32. The van der Waals surface area contributed by atoms with E-state index in [1.807, 2.05) is 0 Å². The van der Waals surface area contributed by atoms with Gasteiger partial charge in [0.15, 0.2) is 23.0 Å². The number of phenols is 2. The number of hydrogen-bond donors (Lipinski definition) is 5. The predicted octanol–water partition coefficient (Wildman–Crippen LogP) is 0.167. The van der Waals surface area contributed by atoms with Crippen LogP contribution >= 0.6 is 0 Å². The number of aliphatic hydroxyl groups is 3. The van der Waals surface area contributed by atoms with Crippen molar-refractivity contribution in [2.45, 2.75) is 30.7 Å². The molecule has 34 heavy (non-hydrogen) atoms. The van der Waals surface area contributed by atoms with Gasteiger partial charge < -0.3 is 54.0 Å². The number of esters is 1. The maximum atomic E-state index is 12.4. The Balaban J connectivity index is 1.71. The third-order valence-electron chi connectivity index (χ3n) is 5.15. The summed E-state index contributed by atoms with van der Waals surface area (Å²) in [7, 11) is 4.01. The Morgan fingerprint density at radius 2 is 1.59 bits per heavy atom. The van der Waals surface area contributed by atoms with Gasteiger partial charge in [-0.3, -0.25) is 0 Å². The van der Waals surface area contributed by atoms with Gasteiger partial charge in [-0.2, -0.15) is 0 Å². The Morgan fingerprint density at radius 3 is 2.24 bits per heavy atom. The van der Waals surface area contributed by atoms with E-state index in [-0.39, 0.29) is 40.1 Å². The van der Waals surface area contributed by atoms with Gasteiger partial charge in [0.1, 0.15) is 36.8 Å². The molecule has 1 heterocycles. The SMILES string of the molecule is COc1cc(C(=O)OC[C@H]2O[C@@H](Oc3cc(O)c(OC)c(OC)c3)[C@H](O)[C@@H](O)[C@@H]2O)ccc1O. The molecule has 0 radical (unpaired) electrons. The van der Waals surface area contributed by atoms with E-state index in [9.17, 15) is 30.3 Å². The first kappa shape index (κ1) is 25.2. The maximum absolute atomic E-state index is 12.4. The molecule has 2 aromatic rings. The molecule has 0 spiro atoms. The Hall–Kier alpha value is -3.45. The van der Waals surface area contributed by atoms with Crippen molar-refractivity contribution in [3.63, 3.8) is 0 Å². The minimum Gasteiger partial charge on any atom is -0.504 e. The highest BCUT2D eigenvalue weighted by molar-refractivity contribution is 5.90. The van der Waals surface area contributed by atoms with Crippen LogP contribution in [0.15, 0.2) is 30.3 Å². The first-order valence-electron chi connectivity index (χ1n) is 10.1. The molecule has 1 fully saturated rings. The van der Waals surface area contributed by atoms with Gasteiger partial charge >= 0.3 is 5.97 Å². The summed E-state index contributed by atoms with van der Waals surface area (Å²) in [6, 6.07) is 6.38. The lowest BCUT2D eigenvalue weighted by Crippen LogP contribution is -2.60. The van der Waals surface area contributed by atoms with Crippen LogP contribution in [0.2, 0.25) is 0 Å². The predicted molar refractivity (Wildman–Crippen MR) is 113 cm³/mol. The molecule has 0 bridgehead atoms. The van der Waals surface area contributed by atoms with Gasteiger partial charge in [-0.1, -0.05) is 0 Å². The highest BCUT2D eigenvalue weighted by Crippen LogP contribution is 2.40. The first-order valence-corrected chi connectivity index (χ1v) is 10.1. The van der Waals surface area contributed by atoms with Gasteiger partial charge in [-0.05, 0) is 18.2 Å². The van der Waals surface area contributed by atoms with Gasteiger partial charge in [0.2, 0.25) is 12.0 Å². The summed E-state index contributed by atoms with van der Waals surface area (Å²) in [4.78, 5) is 12.4. The molecule has 3 rings (SSSR count). The number of rotatable bonds is 8. The van der Waals surface area contributed by atoms with Crippen LogP contribution < -0.4 is 18.9 Å². The molecule has 5 atom stereocenters. The highest BCUT2D eigenvalue weighted by atomic mass is 16.7. The Kier molecular flexibility index (Phi) is 7.89. The molecule has 0 aromatic heterocycles. The zero-order valence-electron chi connectivity index (χ0n) is 18.6. The number of hydrogen-bond acceptors (Lipinski definition) is 12. The van der Waals surface area contributed by atoms with E-state index in [1.165, 1.54) is 51.7 Å². The molecule has 5 N–H and O–H groups in total. The van der Waals surface area contributed by atoms with E-state index in [0.29, 0.717) is 0 Å². The third kappa shape index (κ3) is 5.20. The molecule has 1 saturated heterocycles. The minimum absolute atomic E-state index is 0.00900. The number of carbonyl (C=O) groups excluding carboxylic acids is 1. The van der Waals surface area contributed by atoms with Gasteiger partial charge in [-0.25, -0.2) is 4.79 Å². The average molecular weight is 482 g/mol. The van der Waals surface area contributed by atoms with E-state index in [0.717, 1.165) is 0 Å². The molecule has 2 aromatic carbocycles. The quantitative estimate of drug-likeness (QED) is 0.323. The summed E-state index contributed by atoms with van der Waals surface area (Å²) in [5.74, 6) is -1.01. The number of benzene rings is 2. The zero-order chi connectivity index (χ0) is 25.0. The lowest BCUT2D eigenvalue weighted by atomic mass is 9.99. The zero-order valence-corrected chi connectivity index (χ0v) is 18.6. The number of methoxy groups -OCH3 is 3. The van der Waals surface area contributed by atoms with Crippen LogP contribution in [0.4, 0.5) is 0 Å². The van der Waals surface area contributed by atoms with E-state index in [2.05, 4.69) is 0 Å². The van der Waals surface area contributed by atoms with Crippen molar-refractivity contribution >= 4 is 5.97 Å². The van der Waals surface area contributed by atoms with Gasteiger partial charge in [0.05, 0.1) is 26.9 Å². The van der Waals surface area contributed by atoms with Crippen LogP contribution in [0.5, 0.6) is 34.5 Å². The second-order valence-corrected chi connectivity index (χ2v) is 7.30. The molecule has 0 aliphatic carbocycles. The van der Waals surface area contributed by atoms with E-state index < -0.39 is 43.3 Å². The Morgan fingerprint density at radius 1 is 0.882 bits per heavy atom. The first-order chi connectivity index (χ1) is 16.2. The fourth-order valence-corrected chi connectivity index (χ4v) is 3.32. The maximum Gasteiger partial charge on any atom is 0.338 e. The molecular weight excluding hydrogens is 456 g/mol. The minimum atomic E-state index is -1.69. The Bertz CT molecular complexity index is 1010. The van der Waals surface area contributed by atoms with Crippen LogP contribution in [0, 0.1) is 0 Å². The number of ether oxygens (including phenoxy) is 6. The number of aromatic hydroxyl groups is 2. The highest BCUT2D eigenvalue weighted by Gasteiger charge is 2.45. The van der Waals surface area contributed by atoms with E-state index in [4.69, 9.17) is 28.4 Å². The van der Waals surface area contributed by atoms with Crippen molar-refractivity contribution in [1.29, 1.82) is 0 Å². The number of phenolic OH excluding ortho intramolecular Hbond substituents is 2. The van der Waals surface area contributed by atoms with Crippen molar-refractivity contribution in [2.75, 3.05) is 27.9 Å². The summed E-state index contributed by atoms with van der Waals surface area (Å²) >= 11 is 0. The van der Waals surface area contributed by atoms with Gasteiger partial charge in [-0.15, -0.1) is 0 Å². The van der Waals surface area contributed by atoms with Crippen LogP contribution in [0.25, 0.3) is 0 Å². The molecule has 0 amide bonds.